The van der Waals surface area contributed by atoms with Gasteiger partial charge in [-0.1, -0.05) is 13.2 Å². The zero-order valence-corrected chi connectivity index (χ0v) is 11.7. The van der Waals surface area contributed by atoms with Crippen molar-refractivity contribution < 1.29 is 14.9 Å². The van der Waals surface area contributed by atoms with E-state index in [2.05, 4.69) is 10.2 Å². The van der Waals surface area contributed by atoms with Crippen molar-refractivity contribution in [2.75, 3.05) is 19.6 Å². The summed E-state index contributed by atoms with van der Waals surface area (Å²) < 4.78 is 0. The highest BCUT2D eigenvalue weighted by Gasteiger charge is 2.42. The van der Waals surface area contributed by atoms with E-state index >= 15 is 0 Å². The highest BCUT2D eigenvalue weighted by atomic mass is 16.4. The molecular formula is C13H25BN2O3. The van der Waals surface area contributed by atoms with Crippen LogP contribution in [0.4, 0.5) is 0 Å². The van der Waals surface area contributed by atoms with Gasteiger partial charge in [-0.2, -0.15) is 0 Å². The van der Waals surface area contributed by atoms with Gasteiger partial charge in [0.2, 0.25) is 0 Å². The minimum atomic E-state index is -0.733. The van der Waals surface area contributed by atoms with E-state index in [1.54, 1.807) is 6.82 Å². The Bertz CT molecular complexity index is 308. The number of nitrogens with one attached hydrogen (secondary N) is 1. The number of hydrogen-bond acceptors (Lipinski definition) is 4. The minimum Gasteiger partial charge on any atom is -0.480 e. The van der Waals surface area contributed by atoms with E-state index in [0.29, 0.717) is 6.04 Å². The fourth-order valence-electron chi connectivity index (χ4n) is 3.52. The van der Waals surface area contributed by atoms with Crippen LogP contribution < -0.4 is 5.32 Å². The molecule has 0 saturated carbocycles. The normalized spacial score (nSPS) is 31.8. The van der Waals surface area contributed by atoms with Crippen molar-refractivity contribution in [1.82, 2.24) is 10.2 Å². The molecule has 2 heterocycles. The number of likely N-dealkylation sites (tertiary alicyclic amines) is 1. The summed E-state index contributed by atoms with van der Waals surface area (Å²) in [5.74, 6) is -0.557. The van der Waals surface area contributed by atoms with Crippen molar-refractivity contribution in [2.24, 2.45) is 5.92 Å². The van der Waals surface area contributed by atoms with Crippen LogP contribution in [0.2, 0.25) is 13.1 Å². The number of aliphatic carboxylic acids is 1. The Kier molecular flexibility index (Phi) is 5.24. The molecule has 3 atom stereocenters. The van der Waals surface area contributed by atoms with Crippen molar-refractivity contribution >= 4 is 12.9 Å². The molecule has 3 unspecified atom stereocenters. The van der Waals surface area contributed by atoms with Crippen LogP contribution in [0.5, 0.6) is 0 Å². The summed E-state index contributed by atoms with van der Waals surface area (Å²) in [6.45, 7) is 4.50. The number of nitrogens with zero attached hydrogens (tertiary/aromatic N) is 1. The Morgan fingerprint density at radius 1 is 1.42 bits per heavy atom. The second-order valence-electron chi connectivity index (χ2n) is 5.98. The Hall–Kier alpha value is -0.585. The summed E-state index contributed by atoms with van der Waals surface area (Å²) in [5.41, 5.74) is 0. The summed E-state index contributed by atoms with van der Waals surface area (Å²) in [4.78, 5) is 13.8. The largest absolute Gasteiger partial charge is 0.480 e. The van der Waals surface area contributed by atoms with E-state index < -0.39 is 12.0 Å². The van der Waals surface area contributed by atoms with Crippen molar-refractivity contribution in [3.05, 3.63) is 0 Å². The third-order valence-corrected chi connectivity index (χ3v) is 4.50. The summed E-state index contributed by atoms with van der Waals surface area (Å²) in [6.07, 6.45) is 5.01. The predicted octanol–water partition coefficient (Wildman–Crippen LogP) is 0.517. The van der Waals surface area contributed by atoms with Crippen LogP contribution in [-0.4, -0.2) is 59.6 Å². The molecule has 0 aromatic carbocycles. The number of carboxylic acid groups (broad SMARTS) is 1. The molecule has 0 spiro atoms. The molecular weight excluding hydrogens is 243 g/mol. The first-order valence-electron chi connectivity index (χ1n) is 7.48. The Morgan fingerprint density at radius 2 is 2.11 bits per heavy atom. The quantitative estimate of drug-likeness (QED) is 0.612. The van der Waals surface area contributed by atoms with Crippen LogP contribution >= 0.6 is 0 Å². The van der Waals surface area contributed by atoms with E-state index in [9.17, 15) is 14.9 Å². The monoisotopic (exact) mass is 268 g/mol. The SMILES string of the molecule is CB(O)CCCC1C(C(=O)O)NCC1N1CCCC1. The zero-order valence-electron chi connectivity index (χ0n) is 11.7. The van der Waals surface area contributed by atoms with Gasteiger partial charge in [0, 0.05) is 18.5 Å². The molecule has 0 amide bonds. The van der Waals surface area contributed by atoms with Crippen LogP contribution in [-0.2, 0) is 4.79 Å². The summed E-state index contributed by atoms with van der Waals surface area (Å²) in [5, 5.41) is 21.8. The molecule has 2 fully saturated rings. The highest BCUT2D eigenvalue weighted by Crippen LogP contribution is 2.29. The lowest BCUT2D eigenvalue weighted by molar-refractivity contribution is -0.140. The average molecular weight is 268 g/mol. The molecule has 0 aromatic heterocycles. The fraction of sp³-hybridized carbons (Fsp3) is 0.923. The maximum atomic E-state index is 11.3. The molecule has 5 nitrogen and oxygen atoms in total. The van der Waals surface area contributed by atoms with E-state index in [-0.39, 0.29) is 12.8 Å². The zero-order chi connectivity index (χ0) is 13.8. The maximum absolute atomic E-state index is 11.3. The third kappa shape index (κ3) is 3.71. The third-order valence-electron chi connectivity index (χ3n) is 4.50. The maximum Gasteiger partial charge on any atom is 0.321 e. The lowest BCUT2D eigenvalue weighted by atomic mass is 9.66. The molecule has 0 radical (unpaired) electrons. The van der Waals surface area contributed by atoms with E-state index in [1.807, 2.05) is 0 Å². The lowest BCUT2D eigenvalue weighted by Gasteiger charge is -2.29. The van der Waals surface area contributed by atoms with Crippen LogP contribution in [0.25, 0.3) is 0 Å². The van der Waals surface area contributed by atoms with Crippen molar-refractivity contribution in [3.8, 4) is 0 Å². The van der Waals surface area contributed by atoms with Gasteiger partial charge in [0.05, 0.1) is 0 Å². The first-order chi connectivity index (χ1) is 9.09. The van der Waals surface area contributed by atoms with Crippen molar-refractivity contribution in [3.63, 3.8) is 0 Å². The molecule has 19 heavy (non-hydrogen) atoms. The van der Waals surface area contributed by atoms with Gasteiger partial charge in [-0.05, 0) is 38.7 Å². The minimum absolute atomic E-state index is 0.175. The van der Waals surface area contributed by atoms with Crippen LogP contribution in [0.3, 0.4) is 0 Å². The Balaban J connectivity index is 1.95. The topological polar surface area (TPSA) is 72.8 Å². The van der Waals surface area contributed by atoms with Gasteiger partial charge in [-0.25, -0.2) is 0 Å². The molecule has 0 bridgehead atoms. The Labute approximate surface area is 115 Å². The van der Waals surface area contributed by atoms with Crippen LogP contribution in [0, 0.1) is 5.92 Å². The predicted molar refractivity (Wildman–Crippen MR) is 75.4 cm³/mol. The van der Waals surface area contributed by atoms with Crippen LogP contribution in [0.15, 0.2) is 0 Å². The first-order valence-corrected chi connectivity index (χ1v) is 7.48. The van der Waals surface area contributed by atoms with E-state index in [0.717, 1.165) is 38.8 Å². The van der Waals surface area contributed by atoms with Gasteiger partial charge in [0.1, 0.15) is 6.04 Å². The summed E-state index contributed by atoms with van der Waals surface area (Å²) in [7, 11) is 0. The van der Waals surface area contributed by atoms with Crippen LogP contribution in [0.1, 0.15) is 25.7 Å². The molecule has 2 saturated heterocycles. The van der Waals surface area contributed by atoms with Gasteiger partial charge in [-0.3, -0.25) is 9.69 Å². The number of carboxylic acids is 1. The smallest absolute Gasteiger partial charge is 0.321 e. The molecule has 0 aliphatic carbocycles. The lowest BCUT2D eigenvalue weighted by Crippen LogP contribution is -2.41. The second-order valence-corrected chi connectivity index (χ2v) is 5.98. The molecule has 2 aliphatic rings. The second kappa shape index (κ2) is 6.73. The standard InChI is InChI=1S/C13H25BN2O3/c1-14(19)6-4-5-10-11(16-7-2-3-8-16)9-15-12(10)13(17)18/h10-12,15,19H,2-9H2,1H3,(H,17,18). The van der Waals surface area contributed by atoms with Crippen molar-refractivity contribution in [1.29, 1.82) is 0 Å². The van der Waals surface area contributed by atoms with Gasteiger partial charge in [0.15, 0.2) is 0 Å². The molecule has 6 heteroatoms. The summed E-state index contributed by atoms with van der Waals surface area (Å²) >= 11 is 0. The highest BCUT2D eigenvalue weighted by molar-refractivity contribution is 6.48. The fourth-order valence-corrected chi connectivity index (χ4v) is 3.52. The number of rotatable bonds is 6. The van der Waals surface area contributed by atoms with Gasteiger partial charge >= 0.3 is 5.97 Å². The van der Waals surface area contributed by atoms with Gasteiger partial charge in [0.25, 0.3) is 6.92 Å². The van der Waals surface area contributed by atoms with Crippen molar-refractivity contribution in [2.45, 2.75) is 50.9 Å². The Morgan fingerprint density at radius 3 is 2.68 bits per heavy atom. The molecule has 2 aliphatic heterocycles. The van der Waals surface area contributed by atoms with Gasteiger partial charge < -0.3 is 15.4 Å². The molecule has 3 N–H and O–H groups in total. The average Bonchev–Trinajstić information content (AvgIpc) is 2.95. The molecule has 2 rings (SSSR count). The van der Waals surface area contributed by atoms with Gasteiger partial charge in [-0.15, -0.1) is 0 Å². The van der Waals surface area contributed by atoms with E-state index in [1.165, 1.54) is 12.8 Å². The summed E-state index contributed by atoms with van der Waals surface area (Å²) in [6, 6.07) is -0.0582. The molecule has 108 valence electrons. The number of carbonyl (C=O) groups is 1. The van der Waals surface area contributed by atoms with E-state index in [4.69, 9.17) is 0 Å². The first kappa shape index (κ1) is 14.8. The number of hydrogen-bond donors (Lipinski definition) is 3. The molecule has 0 aromatic rings.